The number of nitriles is 1. The Morgan fingerprint density at radius 3 is 2.65 bits per heavy atom. The summed E-state index contributed by atoms with van der Waals surface area (Å²) in [7, 11) is 0. The number of hydrogen-bond acceptors (Lipinski definition) is 2. The molecule has 0 amide bonds. The van der Waals surface area contributed by atoms with E-state index in [0.29, 0.717) is 0 Å². The molecular formula is C14H10FNO. The number of halogens is 1. The number of aromatic hydroxyl groups is 1. The van der Waals surface area contributed by atoms with Crippen LogP contribution in [0.25, 0.3) is 11.1 Å². The Hall–Kier alpha value is -2.34. The lowest BCUT2D eigenvalue weighted by Gasteiger charge is -2.07. The van der Waals surface area contributed by atoms with E-state index in [0.717, 1.165) is 16.7 Å². The van der Waals surface area contributed by atoms with Crippen molar-refractivity contribution in [3.05, 3.63) is 53.3 Å². The molecule has 0 atom stereocenters. The van der Waals surface area contributed by atoms with E-state index < -0.39 is 0 Å². The van der Waals surface area contributed by atoms with Gasteiger partial charge in [-0.3, -0.25) is 0 Å². The Balaban J connectivity index is 2.61. The van der Waals surface area contributed by atoms with Gasteiger partial charge in [-0.1, -0.05) is 12.1 Å². The number of rotatable bonds is 1. The average Bonchev–Trinajstić information content (AvgIpc) is 2.33. The molecule has 0 aliphatic carbocycles. The van der Waals surface area contributed by atoms with Gasteiger partial charge in [-0.05, 0) is 47.9 Å². The molecule has 2 rings (SSSR count). The fraction of sp³-hybridized carbons (Fsp3) is 0.0714. The van der Waals surface area contributed by atoms with Crippen LogP contribution in [0.2, 0.25) is 0 Å². The molecular weight excluding hydrogens is 217 g/mol. The van der Waals surface area contributed by atoms with Crippen LogP contribution in [-0.2, 0) is 0 Å². The molecule has 0 aliphatic rings. The van der Waals surface area contributed by atoms with Crippen LogP contribution in [0.5, 0.6) is 5.75 Å². The SMILES string of the molecule is Cc1ccc(F)cc1-c1ccc(O)c(C#N)c1. The zero-order valence-corrected chi connectivity index (χ0v) is 9.24. The quantitative estimate of drug-likeness (QED) is 0.811. The maximum Gasteiger partial charge on any atom is 0.133 e. The Morgan fingerprint density at radius 2 is 1.94 bits per heavy atom. The van der Waals surface area contributed by atoms with Crippen LogP contribution < -0.4 is 0 Å². The molecule has 0 bridgehead atoms. The topological polar surface area (TPSA) is 44.0 Å². The molecule has 2 nitrogen and oxygen atoms in total. The van der Waals surface area contributed by atoms with E-state index in [1.54, 1.807) is 18.2 Å². The summed E-state index contributed by atoms with van der Waals surface area (Å²) in [6.07, 6.45) is 0. The summed E-state index contributed by atoms with van der Waals surface area (Å²) in [5.74, 6) is -0.387. The van der Waals surface area contributed by atoms with Gasteiger partial charge in [0.05, 0.1) is 5.56 Å². The molecule has 17 heavy (non-hydrogen) atoms. The summed E-state index contributed by atoms with van der Waals surface area (Å²) in [6.45, 7) is 1.87. The second-order valence-electron chi connectivity index (χ2n) is 3.80. The van der Waals surface area contributed by atoms with Gasteiger partial charge in [-0.25, -0.2) is 4.39 Å². The first-order valence-corrected chi connectivity index (χ1v) is 5.11. The molecule has 3 heteroatoms. The van der Waals surface area contributed by atoms with Crippen molar-refractivity contribution in [3.63, 3.8) is 0 Å². The summed E-state index contributed by atoms with van der Waals surface area (Å²) in [6, 6.07) is 11.1. The number of benzene rings is 2. The summed E-state index contributed by atoms with van der Waals surface area (Å²) in [5.41, 5.74) is 2.55. The predicted molar refractivity (Wildman–Crippen MR) is 63.0 cm³/mol. The fourth-order valence-electron chi connectivity index (χ4n) is 1.70. The first kappa shape index (κ1) is 11.2. The zero-order chi connectivity index (χ0) is 12.4. The van der Waals surface area contributed by atoms with Crippen LogP contribution in [0.1, 0.15) is 11.1 Å². The van der Waals surface area contributed by atoms with Crippen LogP contribution >= 0.6 is 0 Å². The van der Waals surface area contributed by atoms with Gasteiger partial charge in [0.15, 0.2) is 0 Å². The van der Waals surface area contributed by atoms with Crippen LogP contribution in [0.4, 0.5) is 4.39 Å². The third-order valence-electron chi connectivity index (χ3n) is 2.63. The lowest BCUT2D eigenvalue weighted by molar-refractivity contribution is 0.473. The van der Waals surface area contributed by atoms with Crippen molar-refractivity contribution in [1.82, 2.24) is 0 Å². The van der Waals surface area contributed by atoms with Gasteiger partial charge in [0, 0.05) is 0 Å². The predicted octanol–water partition coefficient (Wildman–Crippen LogP) is 3.38. The Labute approximate surface area is 98.6 Å². The van der Waals surface area contributed by atoms with Crippen LogP contribution in [0.3, 0.4) is 0 Å². The molecule has 0 aromatic heterocycles. The maximum atomic E-state index is 13.2. The van der Waals surface area contributed by atoms with Gasteiger partial charge in [0.25, 0.3) is 0 Å². The average molecular weight is 227 g/mol. The second kappa shape index (κ2) is 4.26. The number of phenolic OH excluding ortho intramolecular Hbond substituents is 1. The van der Waals surface area contributed by atoms with Crippen molar-refractivity contribution in [1.29, 1.82) is 5.26 Å². The normalized spacial score (nSPS) is 9.94. The summed E-state index contributed by atoms with van der Waals surface area (Å²) in [5, 5.41) is 18.2. The van der Waals surface area contributed by atoms with Crippen molar-refractivity contribution in [3.8, 4) is 22.9 Å². The van der Waals surface area contributed by atoms with E-state index in [2.05, 4.69) is 0 Å². The van der Waals surface area contributed by atoms with E-state index >= 15 is 0 Å². The van der Waals surface area contributed by atoms with Crippen molar-refractivity contribution in [2.24, 2.45) is 0 Å². The molecule has 0 saturated heterocycles. The Kier molecular flexibility index (Phi) is 2.80. The van der Waals surface area contributed by atoms with E-state index in [1.807, 2.05) is 13.0 Å². The number of phenols is 1. The summed E-state index contributed by atoms with van der Waals surface area (Å²) in [4.78, 5) is 0. The molecule has 0 aliphatic heterocycles. The fourth-order valence-corrected chi connectivity index (χ4v) is 1.70. The molecule has 2 aromatic rings. The monoisotopic (exact) mass is 227 g/mol. The molecule has 0 radical (unpaired) electrons. The Morgan fingerprint density at radius 1 is 1.18 bits per heavy atom. The molecule has 0 unspecified atom stereocenters. The molecule has 0 heterocycles. The first-order valence-electron chi connectivity index (χ1n) is 5.11. The van der Waals surface area contributed by atoms with Gasteiger partial charge in [-0.2, -0.15) is 5.26 Å². The minimum absolute atomic E-state index is 0.0645. The highest BCUT2D eigenvalue weighted by Gasteiger charge is 2.07. The van der Waals surface area contributed by atoms with E-state index in [-0.39, 0.29) is 17.1 Å². The summed E-state index contributed by atoms with van der Waals surface area (Å²) >= 11 is 0. The molecule has 84 valence electrons. The number of aryl methyl sites for hydroxylation is 1. The van der Waals surface area contributed by atoms with Crippen molar-refractivity contribution in [2.45, 2.75) is 6.92 Å². The highest BCUT2D eigenvalue weighted by Crippen LogP contribution is 2.28. The van der Waals surface area contributed by atoms with Crippen LogP contribution in [0, 0.1) is 24.1 Å². The lowest BCUT2D eigenvalue weighted by Crippen LogP contribution is -1.87. The molecule has 0 fully saturated rings. The highest BCUT2D eigenvalue weighted by molar-refractivity contribution is 5.70. The van der Waals surface area contributed by atoms with Gasteiger partial charge < -0.3 is 5.11 Å². The zero-order valence-electron chi connectivity index (χ0n) is 9.24. The summed E-state index contributed by atoms with van der Waals surface area (Å²) < 4.78 is 13.2. The van der Waals surface area contributed by atoms with E-state index in [9.17, 15) is 9.50 Å². The van der Waals surface area contributed by atoms with Crippen molar-refractivity contribution in [2.75, 3.05) is 0 Å². The van der Waals surface area contributed by atoms with Crippen LogP contribution in [-0.4, -0.2) is 5.11 Å². The molecule has 0 saturated carbocycles. The minimum atomic E-state index is -0.322. The molecule has 2 aromatic carbocycles. The Bertz CT molecular complexity index is 614. The van der Waals surface area contributed by atoms with E-state index in [4.69, 9.17) is 5.26 Å². The lowest BCUT2D eigenvalue weighted by atomic mass is 9.98. The first-order chi connectivity index (χ1) is 8.11. The standard InChI is InChI=1S/C14H10FNO/c1-9-2-4-12(15)7-13(9)10-3-5-14(17)11(6-10)8-16/h2-7,17H,1H3. The molecule has 0 spiro atoms. The number of hydrogen-bond donors (Lipinski definition) is 1. The second-order valence-corrected chi connectivity index (χ2v) is 3.80. The third kappa shape index (κ3) is 2.11. The van der Waals surface area contributed by atoms with Gasteiger partial charge in [0.2, 0.25) is 0 Å². The third-order valence-corrected chi connectivity index (χ3v) is 2.63. The minimum Gasteiger partial charge on any atom is -0.507 e. The van der Waals surface area contributed by atoms with Crippen molar-refractivity contribution < 1.29 is 9.50 Å². The smallest absolute Gasteiger partial charge is 0.133 e. The van der Waals surface area contributed by atoms with Gasteiger partial charge in [-0.15, -0.1) is 0 Å². The van der Waals surface area contributed by atoms with Gasteiger partial charge in [0.1, 0.15) is 17.6 Å². The van der Waals surface area contributed by atoms with E-state index in [1.165, 1.54) is 18.2 Å². The molecule has 1 N–H and O–H groups in total. The highest BCUT2D eigenvalue weighted by atomic mass is 19.1. The van der Waals surface area contributed by atoms with Crippen molar-refractivity contribution >= 4 is 0 Å². The van der Waals surface area contributed by atoms with Gasteiger partial charge >= 0.3 is 0 Å². The maximum absolute atomic E-state index is 13.2. The largest absolute Gasteiger partial charge is 0.507 e. The van der Waals surface area contributed by atoms with Crippen LogP contribution in [0.15, 0.2) is 36.4 Å². The number of nitrogens with zero attached hydrogens (tertiary/aromatic N) is 1.